The maximum atomic E-state index is 13.5. The van der Waals surface area contributed by atoms with Crippen molar-refractivity contribution >= 4 is 23.0 Å². The van der Waals surface area contributed by atoms with Crippen LogP contribution in [0.4, 0.5) is 4.39 Å². The second-order valence-corrected chi connectivity index (χ2v) is 8.31. The van der Waals surface area contributed by atoms with Crippen LogP contribution in [0.15, 0.2) is 35.6 Å². The second kappa shape index (κ2) is 8.42. The molecule has 1 N–H and O–H groups in total. The summed E-state index contributed by atoms with van der Waals surface area (Å²) >= 11 is 1.21. The fraction of sp³-hybridized carbons (Fsp3) is 0.381. The van der Waals surface area contributed by atoms with E-state index in [0.717, 1.165) is 5.01 Å². The molecule has 0 aliphatic carbocycles. The summed E-state index contributed by atoms with van der Waals surface area (Å²) in [7, 11) is 0. The number of amides is 1. The van der Waals surface area contributed by atoms with E-state index in [1.807, 2.05) is 13.8 Å². The van der Waals surface area contributed by atoms with Crippen molar-refractivity contribution in [3.05, 3.63) is 62.6 Å². The van der Waals surface area contributed by atoms with Crippen LogP contribution in [0.5, 0.6) is 0 Å². The number of ether oxygens (including phenoxy) is 1. The highest BCUT2D eigenvalue weighted by Crippen LogP contribution is 2.40. The maximum absolute atomic E-state index is 13.5. The number of nitrogens with zero attached hydrogens (tertiary/aromatic N) is 2. The van der Waals surface area contributed by atoms with Gasteiger partial charge in [-0.2, -0.15) is 0 Å². The highest BCUT2D eigenvalue weighted by atomic mass is 32.1. The van der Waals surface area contributed by atoms with Crippen molar-refractivity contribution in [2.45, 2.75) is 39.8 Å². The van der Waals surface area contributed by atoms with Gasteiger partial charge >= 0.3 is 0 Å². The lowest BCUT2D eigenvalue weighted by atomic mass is 9.95. The van der Waals surface area contributed by atoms with Crippen LogP contribution in [-0.2, 0) is 9.53 Å². The Bertz CT molecular complexity index is 966. The van der Waals surface area contributed by atoms with Crippen LogP contribution < -0.4 is 0 Å². The summed E-state index contributed by atoms with van der Waals surface area (Å²) in [5.74, 6) is -2.10. The average molecular weight is 418 g/mol. The molecule has 2 heterocycles. The van der Waals surface area contributed by atoms with E-state index < -0.39 is 29.3 Å². The summed E-state index contributed by atoms with van der Waals surface area (Å²) in [6, 6.07) is 4.73. The van der Waals surface area contributed by atoms with Gasteiger partial charge in [0.15, 0.2) is 5.76 Å². The number of aliphatic hydroxyl groups is 1. The summed E-state index contributed by atoms with van der Waals surface area (Å²) in [6.45, 7) is 7.68. The first kappa shape index (κ1) is 21.1. The number of carbonyl (C=O) groups is 2. The van der Waals surface area contributed by atoms with Crippen molar-refractivity contribution in [2.24, 2.45) is 0 Å². The third-order valence-corrected chi connectivity index (χ3v) is 5.70. The molecule has 3 rings (SSSR count). The molecule has 0 saturated carbocycles. The summed E-state index contributed by atoms with van der Waals surface area (Å²) in [4.78, 5) is 32.1. The predicted molar refractivity (Wildman–Crippen MR) is 108 cm³/mol. The molecule has 0 radical (unpaired) electrons. The molecule has 1 atom stereocenters. The first-order chi connectivity index (χ1) is 13.7. The van der Waals surface area contributed by atoms with Crippen molar-refractivity contribution in [3.63, 3.8) is 0 Å². The van der Waals surface area contributed by atoms with Gasteiger partial charge in [-0.1, -0.05) is 12.1 Å². The molecular weight excluding hydrogens is 395 g/mol. The molecule has 29 heavy (non-hydrogen) atoms. The topological polar surface area (TPSA) is 79.7 Å². The zero-order valence-electron chi connectivity index (χ0n) is 16.7. The number of Topliss-reactive ketones (excluding diaryl/α,β-unsaturated/α-hetero) is 1. The second-order valence-electron chi connectivity index (χ2n) is 7.11. The van der Waals surface area contributed by atoms with Crippen molar-refractivity contribution in [1.82, 2.24) is 9.88 Å². The first-order valence-corrected chi connectivity index (χ1v) is 10.1. The zero-order chi connectivity index (χ0) is 21.3. The van der Waals surface area contributed by atoms with Crippen molar-refractivity contribution in [3.8, 4) is 0 Å². The van der Waals surface area contributed by atoms with Gasteiger partial charge in [-0.05, 0) is 45.4 Å². The van der Waals surface area contributed by atoms with Gasteiger partial charge in [-0.15, -0.1) is 11.3 Å². The van der Waals surface area contributed by atoms with Crippen LogP contribution >= 0.6 is 11.3 Å². The Labute approximate surface area is 172 Å². The molecule has 0 fully saturated rings. The van der Waals surface area contributed by atoms with E-state index >= 15 is 0 Å². The normalized spacial score (nSPS) is 17.0. The number of aliphatic hydroxyl groups excluding tert-OH is 1. The van der Waals surface area contributed by atoms with Gasteiger partial charge in [-0.25, -0.2) is 9.37 Å². The molecule has 154 valence electrons. The molecule has 0 bridgehead atoms. The molecule has 8 heteroatoms. The average Bonchev–Trinajstić information content (AvgIpc) is 3.12. The first-order valence-electron chi connectivity index (χ1n) is 9.30. The van der Waals surface area contributed by atoms with E-state index in [1.165, 1.54) is 40.5 Å². The van der Waals surface area contributed by atoms with E-state index in [9.17, 15) is 19.1 Å². The quantitative estimate of drug-likeness (QED) is 0.690. The standard InChI is InChI=1S/C21H23FN2O4S/c1-11(2)28-10-9-24-17(14-5-7-15(22)8-6-14)16(19(26)21(24)27)18(25)20-12(3)23-13(4)29-20/h5-8,11,17,26H,9-10H2,1-4H3. The van der Waals surface area contributed by atoms with Gasteiger partial charge in [0.1, 0.15) is 5.82 Å². The maximum Gasteiger partial charge on any atom is 0.290 e. The summed E-state index contributed by atoms with van der Waals surface area (Å²) in [5, 5.41) is 11.3. The van der Waals surface area contributed by atoms with Crippen LogP contribution in [0.3, 0.4) is 0 Å². The number of hydrogen-bond acceptors (Lipinski definition) is 6. The number of ketones is 1. The lowest BCUT2D eigenvalue weighted by Gasteiger charge is -2.27. The Hall–Kier alpha value is -2.58. The number of carbonyl (C=O) groups excluding carboxylic acids is 2. The molecule has 1 amide bonds. The lowest BCUT2D eigenvalue weighted by molar-refractivity contribution is -0.130. The molecule has 1 aliphatic rings. The minimum atomic E-state index is -0.826. The summed E-state index contributed by atoms with van der Waals surface area (Å²) < 4.78 is 19.0. The fourth-order valence-electron chi connectivity index (χ4n) is 3.36. The molecule has 1 aromatic carbocycles. The van der Waals surface area contributed by atoms with E-state index in [1.54, 1.807) is 13.8 Å². The van der Waals surface area contributed by atoms with E-state index in [-0.39, 0.29) is 24.8 Å². The van der Waals surface area contributed by atoms with Crippen molar-refractivity contribution in [1.29, 1.82) is 0 Å². The Balaban J connectivity index is 2.03. The minimum Gasteiger partial charge on any atom is -0.503 e. The number of hydrogen-bond donors (Lipinski definition) is 1. The number of aryl methyl sites for hydroxylation is 2. The van der Waals surface area contributed by atoms with E-state index in [2.05, 4.69) is 4.98 Å². The summed E-state index contributed by atoms with van der Waals surface area (Å²) in [6.07, 6.45) is -0.0255. The van der Waals surface area contributed by atoms with Crippen LogP contribution in [-0.4, -0.2) is 45.9 Å². The Kier molecular flexibility index (Phi) is 6.14. The number of halogens is 1. The van der Waals surface area contributed by atoms with Crippen molar-refractivity contribution in [2.75, 3.05) is 13.2 Å². The van der Waals surface area contributed by atoms with Crippen LogP contribution in [0.1, 0.15) is 45.8 Å². The predicted octanol–water partition coefficient (Wildman–Crippen LogP) is 3.90. The van der Waals surface area contributed by atoms with Gasteiger partial charge in [-0.3, -0.25) is 9.59 Å². The smallest absolute Gasteiger partial charge is 0.290 e. The Morgan fingerprint density at radius 2 is 1.97 bits per heavy atom. The molecule has 6 nitrogen and oxygen atoms in total. The third-order valence-electron chi connectivity index (χ3n) is 4.63. The van der Waals surface area contributed by atoms with Gasteiger partial charge in [0.05, 0.1) is 39.9 Å². The van der Waals surface area contributed by atoms with Gasteiger partial charge < -0.3 is 14.7 Å². The largest absolute Gasteiger partial charge is 0.503 e. The van der Waals surface area contributed by atoms with Gasteiger partial charge in [0, 0.05) is 6.54 Å². The van der Waals surface area contributed by atoms with Crippen LogP contribution in [0.2, 0.25) is 0 Å². The molecule has 2 aromatic rings. The number of benzene rings is 1. The van der Waals surface area contributed by atoms with E-state index in [0.29, 0.717) is 16.1 Å². The monoisotopic (exact) mass is 418 g/mol. The third kappa shape index (κ3) is 4.23. The SMILES string of the molecule is Cc1nc(C)c(C(=O)C2=C(O)C(=O)N(CCOC(C)C)C2c2ccc(F)cc2)s1. The number of thiazole rings is 1. The highest BCUT2D eigenvalue weighted by Gasteiger charge is 2.44. The zero-order valence-corrected chi connectivity index (χ0v) is 17.5. The number of aromatic nitrogens is 1. The fourth-order valence-corrected chi connectivity index (χ4v) is 4.23. The summed E-state index contributed by atoms with van der Waals surface area (Å²) in [5.41, 5.74) is 1.07. The van der Waals surface area contributed by atoms with Gasteiger partial charge in [0.2, 0.25) is 5.78 Å². The minimum absolute atomic E-state index is 0.0158. The Morgan fingerprint density at radius 1 is 1.31 bits per heavy atom. The molecular formula is C21H23FN2O4S. The lowest BCUT2D eigenvalue weighted by Crippen LogP contribution is -2.34. The Morgan fingerprint density at radius 3 is 2.52 bits per heavy atom. The van der Waals surface area contributed by atoms with Gasteiger partial charge in [0.25, 0.3) is 5.91 Å². The van der Waals surface area contributed by atoms with Crippen LogP contribution in [0, 0.1) is 19.7 Å². The molecule has 0 spiro atoms. The number of rotatable bonds is 7. The molecule has 1 aliphatic heterocycles. The molecule has 1 unspecified atom stereocenters. The van der Waals surface area contributed by atoms with Crippen molar-refractivity contribution < 1.29 is 23.8 Å². The molecule has 0 saturated heterocycles. The van der Waals surface area contributed by atoms with Crippen LogP contribution in [0.25, 0.3) is 0 Å². The molecule has 1 aromatic heterocycles. The highest BCUT2D eigenvalue weighted by molar-refractivity contribution is 7.14. The van der Waals surface area contributed by atoms with E-state index in [4.69, 9.17) is 4.74 Å².